The van der Waals surface area contributed by atoms with Gasteiger partial charge in [0.2, 0.25) is 0 Å². The van der Waals surface area contributed by atoms with Crippen LogP contribution in [0, 0.1) is 0 Å². The van der Waals surface area contributed by atoms with Crippen molar-refractivity contribution in [3.63, 3.8) is 0 Å². The summed E-state index contributed by atoms with van der Waals surface area (Å²) in [5.74, 6) is 0. The van der Waals surface area contributed by atoms with Gasteiger partial charge in [0.25, 0.3) is 0 Å². The maximum atomic E-state index is 8.30. The van der Waals surface area contributed by atoms with Crippen molar-refractivity contribution in [3.05, 3.63) is 0 Å². The van der Waals surface area contributed by atoms with E-state index >= 15 is 0 Å². The Bertz CT molecular complexity index is 8.00. The van der Waals surface area contributed by atoms with E-state index in [-0.39, 0.29) is 0 Å². The van der Waals surface area contributed by atoms with Gasteiger partial charge in [-0.3, -0.25) is 0 Å². The van der Waals surface area contributed by atoms with Crippen LogP contribution in [0.2, 0.25) is 0 Å². The summed E-state index contributed by atoms with van der Waals surface area (Å²) in [7, 11) is 0. The van der Waals surface area contributed by atoms with Crippen LogP contribution in [-0.4, -0.2) is 0 Å². The summed E-state index contributed by atoms with van der Waals surface area (Å²) >= 11 is 1.20. The van der Waals surface area contributed by atoms with Crippen LogP contribution in [0.1, 0.15) is 0 Å². The SMILES string of the molecule is [O]=[Mo].[O]=[Nb]. The molecule has 0 saturated heterocycles. The third kappa shape index (κ3) is 11.8. The van der Waals surface area contributed by atoms with E-state index in [2.05, 4.69) is 0 Å². The molecule has 0 aromatic rings. The third-order valence-electron chi connectivity index (χ3n) is 0. The standard InChI is InChI=1S/Mo.Nb.2O. The van der Waals surface area contributed by atoms with Crippen LogP contribution in [0.15, 0.2) is 0 Å². The van der Waals surface area contributed by atoms with Gasteiger partial charge in [-0.15, -0.1) is 0 Å². The van der Waals surface area contributed by atoms with Gasteiger partial charge in [0.1, 0.15) is 0 Å². The molecular weight excluding hydrogens is 221 g/mol. The molecule has 4 heavy (non-hydrogen) atoms. The molecule has 2 nitrogen and oxygen atoms in total. The first-order valence-electron chi connectivity index (χ1n) is 0.349. The molecule has 0 atom stereocenters. The summed E-state index contributed by atoms with van der Waals surface area (Å²) in [5.41, 5.74) is 0. The summed E-state index contributed by atoms with van der Waals surface area (Å²) in [5, 5.41) is 0. The second kappa shape index (κ2) is 34.9. The second-order valence-corrected chi connectivity index (χ2v) is 0. The molecule has 0 saturated carbocycles. The summed E-state index contributed by atoms with van der Waals surface area (Å²) in [6.45, 7) is 0. The van der Waals surface area contributed by atoms with E-state index in [0.717, 1.165) is 0 Å². The summed E-state index contributed by atoms with van der Waals surface area (Å²) in [4.78, 5) is 0. The van der Waals surface area contributed by atoms with Crippen molar-refractivity contribution >= 4 is 0 Å². The van der Waals surface area contributed by atoms with Crippen molar-refractivity contribution in [1.29, 1.82) is 0 Å². The number of rotatable bonds is 0. The normalized spacial score (nSPS) is 1.75. The van der Waals surface area contributed by atoms with E-state index in [0.29, 0.717) is 40.8 Å². The Morgan fingerprint density at radius 3 is 1.25 bits per heavy atom. The molecule has 0 spiro atoms. The molecule has 4 heteroatoms. The number of hydrogen-bond donors (Lipinski definition) is 0. The third-order valence-corrected chi connectivity index (χ3v) is 0. The summed E-state index contributed by atoms with van der Waals surface area (Å²) in [6, 6.07) is 0. The van der Waals surface area contributed by atoms with Gasteiger partial charge in [-0.1, -0.05) is 0 Å². The topological polar surface area (TPSA) is 34.1 Å². The average molecular weight is 221 g/mol. The van der Waals surface area contributed by atoms with Gasteiger partial charge >= 0.3 is 47.5 Å². The molecule has 0 aliphatic heterocycles. The van der Waals surface area contributed by atoms with E-state index in [1.165, 1.54) is 0 Å². The van der Waals surface area contributed by atoms with Crippen LogP contribution in [0.4, 0.5) is 0 Å². The summed E-state index contributed by atoms with van der Waals surface area (Å²) in [6.07, 6.45) is 0. The quantitative estimate of drug-likeness (QED) is 0.528. The fourth-order valence-corrected chi connectivity index (χ4v) is 0. The van der Waals surface area contributed by atoms with E-state index in [1.54, 1.807) is 0 Å². The minimum atomic E-state index is 0.500. The molecule has 0 amide bonds. The van der Waals surface area contributed by atoms with E-state index in [1.807, 2.05) is 0 Å². The van der Waals surface area contributed by atoms with Crippen LogP contribution in [0.5, 0.6) is 0 Å². The molecule has 0 aromatic heterocycles. The van der Waals surface area contributed by atoms with Crippen LogP contribution in [0.25, 0.3) is 0 Å². The molecular formula is MoNbO2. The van der Waals surface area contributed by atoms with Crippen LogP contribution in [0.3, 0.4) is 0 Å². The Hall–Kier alpha value is 1.03. The van der Waals surface area contributed by atoms with Gasteiger partial charge in [0.05, 0.1) is 0 Å². The predicted octanol–water partition coefficient (Wildman–Crippen LogP) is -0.243. The van der Waals surface area contributed by atoms with Gasteiger partial charge < -0.3 is 0 Å². The molecule has 0 heterocycles. The number of hydrogen-bond acceptors (Lipinski definition) is 2. The molecule has 0 aliphatic rings. The average Bonchev–Trinajstić information content (AvgIpc) is 1.50. The van der Waals surface area contributed by atoms with Crippen molar-refractivity contribution in [2.45, 2.75) is 0 Å². The molecule has 0 aromatic carbocycles. The van der Waals surface area contributed by atoms with Gasteiger partial charge in [-0.05, 0) is 0 Å². The Morgan fingerprint density at radius 2 is 1.25 bits per heavy atom. The van der Waals surface area contributed by atoms with Crippen LogP contribution < -0.4 is 0 Å². The van der Waals surface area contributed by atoms with Crippen molar-refractivity contribution in [2.24, 2.45) is 0 Å². The first-order valence-corrected chi connectivity index (χ1v) is 2.07. The van der Waals surface area contributed by atoms with Crippen LogP contribution >= 0.6 is 0 Å². The Labute approximate surface area is 47.4 Å². The van der Waals surface area contributed by atoms with Gasteiger partial charge in [-0.25, -0.2) is 0 Å². The molecule has 0 radical (unpaired) electrons. The molecule has 0 N–H and O–H groups in total. The Morgan fingerprint density at radius 1 is 1.25 bits per heavy atom. The maximum absolute atomic E-state index is 8.30. The second-order valence-electron chi connectivity index (χ2n) is 0. The van der Waals surface area contributed by atoms with Crippen molar-refractivity contribution in [2.75, 3.05) is 0 Å². The molecule has 0 aliphatic carbocycles. The zero-order chi connectivity index (χ0) is 4.00. The summed E-state index contributed by atoms with van der Waals surface area (Å²) < 4.78 is 16.6. The molecule has 0 bridgehead atoms. The zero-order valence-corrected chi connectivity index (χ0v) is 5.88. The van der Waals surface area contributed by atoms with E-state index in [4.69, 9.17) is 6.65 Å². The van der Waals surface area contributed by atoms with Gasteiger partial charge in [-0.2, -0.15) is 0 Å². The van der Waals surface area contributed by atoms with Crippen LogP contribution in [-0.2, 0) is 47.5 Å². The zero-order valence-electron chi connectivity index (χ0n) is 1.67. The Kier molecular flexibility index (Phi) is 77.7. The van der Waals surface area contributed by atoms with Crippen molar-refractivity contribution < 1.29 is 47.5 Å². The predicted molar refractivity (Wildman–Crippen MR) is 1.37 cm³/mol. The van der Waals surface area contributed by atoms with Crippen molar-refractivity contribution in [3.8, 4) is 0 Å². The van der Waals surface area contributed by atoms with Crippen molar-refractivity contribution in [1.82, 2.24) is 0 Å². The Balaban J connectivity index is 0. The first kappa shape index (κ1) is 8.90. The fourth-order valence-electron chi connectivity index (χ4n) is 0. The first-order chi connectivity index (χ1) is 2.00. The molecule has 0 fully saturated rings. The molecule has 23 valence electrons. The fraction of sp³-hybridized carbons (Fsp3) is 0. The van der Waals surface area contributed by atoms with E-state index in [9.17, 15) is 0 Å². The molecule has 0 unspecified atom stereocenters. The van der Waals surface area contributed by atoms with E-state index < -0.39 is 0 Å². The molecule has 0 rings (SSSR count). The van der Waals surface area contributed by atoms with Gasteiger partial charge in [0.15, 0.2) is 0 Å². The monoisotopic (exact) mass is 223 g/mol. The minimum absolute atomic E-state index is 0.500. The van der Waals surface area contributed by atoms with Gasteiger partial charge in [0, 0.05) is 0 Å².